The fraction of sp³-hybridized carbons (Fsp3) is 0.400. The summed E-state index contributed by atoms with van der Waals surface area (Å²) < 4.78 is 5.75. The summed E-state index contributed by atoms with van der Waals surface area (Å²) in [6, 6.07) is 21.1. The van der Waals surface area contributed by atoms with Gasteiger partial charge in [-0.2, -0.15) is 0 Å². The summed E-state index contributed by atoms with van der Waals surface area (Å²) in [4.78, 5) is 0. The zero-order chi connectivity index (χ0) is 24.7. The molecule has 0 saturated carbocycles. The molecule has 188 valence electrons. The van der Waals surface area contributed by atoms with E-state index in [1.807, 2.05) is 24.3 Å². The maximum Gasteiger partial charge on any atom is 0.160 e. The molecule has 4 N–H and O–H groups in total. The fourth-order valence-corrected chi connectivity index (χ4v) is 4.25. The van der Waals surface area contributed by atoms with Crippen molar-refractivity contribution in [3.05, 3.63) is 89.0 Å². The standard InChI is InChI=1S/C30H39NO4/c32-27-12-8-11-25(23-27)13-15-28-26(14-16-29(33)30(28)34)17-20-31-19-6-1-2-7-21-35-22-18-24-9-4-3-5-10-24/h3-5,8-12,14,16,23,31-34H,1-2,6-7,13,15,17-22H2. The van der Waals surface area contributed by atoms with Gasteiger partial charge in [0.2, 0.25) is 0 Å². The van der Waals surface area contributed by atoms with Gasteiger partial charge in [0.15, 0.2) is 11.5 Å². The van der Waals surface area contributed by atoms with Crippen LogP contribution in [0, 0.1) is 0 Å². The second kappa shape index (κ2) is 15.1. The zero-order valence-corrected chi connectivity index (χ0v) is 20.6. The molecule has 5 heteroatoms. The lowest BCUT2D eigenvalue weighted by Gasteiger charge is -2.14. The number of ether oxygens (including phenoxy) is 1. The number of nitrogens with one attached hydrogen (secondary N) is 1. The highest BCUT2D eigenvalue weighted by Gasteiger charge is 2.12. The normalized spacial score (nSPS) is 11.1. The smallest absolute Gasteiger partial charge is 0.160 e. The van der Waals surface area contributed by atoms with Crippen molar-refractivity contribution >= 4 is 0 Å². The largest absolute Gasteiger partial charge is 0.508 e. The Hall–Kier alpha value is -3.02. The van der Waals surface area contributed by atoms with Crippen LogP contribution in [0.3, 0.4) is 0 Å². The Labute approximate surface area is 209 Å². The van der Waals surface area contributed by atoms with Gasteiger partial charge < -0.3 is 25.4 Å². The van der Waals surface area contributed by atoms with Crippen molar-refractivity contribution in [2.45, 2.75) is 51.4 Å². The Morgan fingerprint density at radius 3 is 2.26 bits per heavy atom. The monoisotopic (exact) mass is 477 g/mol. The number of unbranched alkanes of at least 4 members (excludes halogenated alkanes) is 3. The molecule has 5 nitrogen and oxygen atoms in total. The number of benzene rings is 3. The van der Waals surface area contributed by atoms with Crippen molar-refractivity contribution in [2.75, 3.05) is 26.3 Å². The van der Waals surface area contributed by atoms with E-state index in [-0.39, 0.29) is 17.2 Å². The maximum atomic E-state index is 10.4. The molecule has 0 aliphatic rings. The van der Waals surface area contributed by atoms with Crippen molar-refractivity contribution in [3.63, 3.8) is 0 Å². The molecule has 0 amide bonds. The summed E-state index contributed by atoms with van der Waals surface area (Å²) in [6.45, 7) is 3.41. The van der Waals surface area contributed by atoms with Gasteiger partial charge in [0.1, 0.15) is 5.75 Å². The molecule has 3 rings (SSSR count). The van der Waals surface area contributed by atoms with Gasteiger partial charge >= 0.3 is 0 Å². The Morgan fingerprint density at radius 2 is 1.43 bits per heavy atom. The third-order valence-electron chi connectivity index (χ3n) is 6.27. The van der Waals surface area contributed by atoms with Crippen LogP contribution >= 0.6 is 0 Å². The second-order valence-electron chi connectivity index (χ2n) is 9.00. The molecule has 0 spiro atoms. The average Bonchev–Trinajstić information content (AvgIpc) is 2.87. The lowest BCUT2D eigenvalue weighted by molar-refractivity contribution is 0.133. The topological polar surface area (TPSA) is 82.0 Å². The van der Waals surface area contributed by atoms with Gasteiger partial charge in [0, 0.05) is 12.2 Å². The van der Waals surface area contributed by atoms with Gasteiger partial charge in [-0.1, -0.05) is 61.4 Å². The van der Waals surface area contributed by atoms with E-state index >= 15 is 0 Å². The number of hydrogen-bond acceptors (Lipinski definition) is 5. The van der Waals surface area contributed by atoms with E-state index in [1.54, 1.807) is 18.2 Å². The lowest BCUT2D eigenvalue weighted by atomic mass is 9.96. The average molecular weight is 478 g/mol. The Balaban J connectivity index is 1.27. The molecule has 0 heterocycles. The molecule has 3 aromatic rings. The van der Waals surface area contributed by atoms with Gasteiger partial charge in [0.25, 0.3) is 0 Å². The van der Waals surface area contributed by atoms with Gasteiger partial charge in [-0.3, -0.25) is 0 Å². The molecular weight excluding hydrogens is 438 g/mol. The van der Waals surface area contributed by atoms with Crippen molar-refractivity contribution in [1.82, 2.24) is 5.32 Å². The van der Waals surface area contributed by atoms with Gasteiger partial charge in [-0.05, 0) is 86.5 Å². The summed E-state index contributed by atoms with van der Waals surface area (Å²) in [5.41, 5.74) is 4.14. The van der Waals surface area contributed by atoms with E-state index in [2.05, 4.69) is 29.6 Å². The highest BCUT2D eigenvalue weighted by Crippen LogP contribution is 2.32. The molecule has 0 unspecified atom stereocenters. The number of aromatic hydroxyl groups is 3. The predicted octanol–water partition coefficient (Wildman–Crippen LogP) is 5.54. The summed E-state index contributed by atoms with van der Waals surface area (Å²) in [7, 11) is 0. The third kappa shape index (κ3) is 9.63. The molecule has 0 saturated heterocycles. The van der Waals surface area contributed by atoms with Crippen LogP contribution in [0.15, 0.2) is 66.7 Å². The van der Waals surface area contributed by atoms with Crippen molar-refractivity contribution < 1.29 is 20.1 Å². The van der Waals surface area contributed by atoms with Crippen molar-refractivity contribution in [3.8, 4) is 17.2 Å². The van der Waals surface area contributed by atoms with Crippen LogP contribution in [0.1, 0.15) is 47.9 Å². The molecule has 0 fully saturated rings. The fourth-order valence-electron chi connectivity index (χ4n) is 4.25. The Morgan fingerprint density at radius 1 is 0.629 bits per heavy atom. The first-order valence-corrected chi connectivity index (χ1v) is 12.8. The molecule has 0 aliphatic heterocycles. The van der Waals surface area contributed by atoms with Crippen molar-refractivity contribution in [2.24, 2.45) is 0 Å². The molecular formula is C30H39NO4. The van der Waals surface area contributed by atoms with E-state index in [9.17, 15) is 15.3 Å². The van der Waals surface area contributed by atoms with E-state index in [0.29, 0.717) is 12.8 Å². The lowest BCUT2D eigenvalue weighted by Crippen LogP contribution is -2.19. The minimum atomic E-state index is -0.0864. The molecule has 0 bridgehead atoms. The number of phenols is 3. The van der Waals surface area contributed by atoms with Crippen LogP contribution in [0.5, 0.6) is 17.2 Å². The first kappa shape index (κ1) is 26.6. The Bertz CT molecular complexity index is 1010. The van der Waals surface area contributed by atoms with Gasteiger partial charge in [-0.25, -0.2) is 0 Å². The van der Waals surface area contributed by atoms with Gasteiger partial charge in [0.05, 0.1) is 6.61 Å². The van der Waals surface area contributed by atoms with Gasteiger partial charge in [-0.15, -0.1) is 0 Å². The second-order valence-corrected chi connectivity index (χ2v) is 9.00. The number of phenolic OH excluding ortho intramolecular Hbond substituents is 3. The van der Waals surface area contributed by atoms with Crippen LogP contribution in [-0.4, -0.2) is 41.6 Å². The van der Waals surface area contributed by atoms with E-state index < -0.39 is 0 Å². The van der Waals surface area contributed by atoms with Crippen molar-refractivity contribution in [1.29, 1.82) is 0 Å². The predicted molar refractivity (Wildman–Crippen MR) is 141 cm³/mol. The molecule has 0 aromatic heterocycles. The highest BCUT2D eigenvalue weighted by atomic mass is 16.5. The minimum absolute atomic E-state index is 0.0337. The Kier molecular flexibility index (Phi) is 11.4. The van der Waals surface area contributed by atoms with Crippen LogP contribution in [-0.2, 0) is 30.4 Å². The number of rotatable bonds is 16. The quantitative estimate of drug-likeness (QED) is 0.161. The van der Waals surface area contributed by atoms with E-state index in [4.69, 9.17) is 4.74 Å². The van der Waals surface area contributed by atoms with E-state index in [0.717, 1.165) is 68.7 Å². The number of aryl methyl sites for hydroxylation is 1. The van der Waals surface area contributed by atoms with Crippen LogP contribution in [0.25, 0.3) is 0 Å². The molecule has 0 radical (unpaired) electrons. The highest BCUT2D eigenvalue weighted by molar-refractivity contribution is 5.49. The summed E-state index contributed by atoms with van der Waals surface area (Å²) in [5, 5.41) is 33.5. The molecule has 0 atom stereocenters. The molecule has 0 aliphatic carbocycles. The third-order valence-corrected chi connectivity index (χ3v) is 6.27. The summed E-state index contributed by atoms with van der Waals surface area (Å²) in [5.74, 6) is 0.118. The van der Waals surface area contributed by atoms with Crippen LogP contribution in [0.2, 0.25) is 0 Å². The maximum absolute atomic E-state index is 10.4. The minimum Gasteiger partial charge on any atom is -0.508 e. The van der Waals surface area contributed by atoms with Crippen LogP contribution < -0.4 is 5.32 Å². The SMILES string of the molecule is Oc1cccc(CCc2c(CCNCCCCCCOCCc3ccccc3)ccc(O)c2O)c1. The molecule has 3 aromatic carbocycles. The summed E-state index contributed by atoms with van der Waals surface area (Å²) in [6.07, 6.45) is 7.65. The molecule has 35 heavy (non-hydrogen) atoms. The number of hydrogen-bond donors (Lipinski definition) is 4. The zero-order valence-electron chi connectivity index (χ0n) is 20.6. The van der Waals surface area contributed by atoms with E-state index in [1.165, 1.54) is 18.4 Å². The van der Waals surface area contributed by atoms with Crippen LogP contribution in [0.4, 0.5) is 0 Å². The first-order chi connectivity index (χ1) is 17.1. The first-order valence-electron chi connectivity index (χ1n) is 12.8. The summed E-state index contributed by atoms with van der Waals surface area (Å²) >= 11 is 0.